The summed E-state index contributed by atoms with van der Waals surface area (Å²) in [7, 11) is 0. The minimum absolute atomic E-state index is 0.0723. The van der Waals surface area contributed by atoms with Crippen molar-refractivity contribution < 1.29 is 9.18 Å². The molecule has 3 N–H and O–H groups in total. The molecule has 0 saturated heterocycles. The molecule has 0 radical (unpaired) electrons. The smallest absolute Gasteiger partial charge is 0.252 e. The fourth-order valence-corrected chi connectivity index (χ4v) is 2.47. The molecule has 0 aliphatic rings. The average Bonchev–Trinajstić information content (AvgIpc) is 2.67. The van der Waals surface area contributed by atoms with E-state index in [1.807, 2.05) is 12.1 Å². The zero-order chi connectivity index (χ0) is 19.1. The van der Waals surface area contributed by atoms with Crippen molar-refractivity contribution in [1.29, 1.82) is 0 Å². The molecule has 3 aromatic rings. The van der Waals surface area contributed by atoms with Crippen LogP contribution in [-0.2, 0) is 0 Å². The summed E-state index contributed by atoms with van der Waals surface area (Å²) in [6, 6.07) is 10.9. The van der Waals surface area contributed by atoms with Gasteiger partial charge in [-0.05, 0) is 42.5 Å². The van der Waals surface area contributed by atoms with Crippen molar-refractivity contribution in [3.8, 4) is 0 Å². The van der Waals surface area contributed by atoms with Crippen molar-refractivity contribution in [3.05, 3.63) is 71.3 Å². The van der Waals surface area contributed by atoms with Crippen molar-refractivity contribution >= 4 is 34.8 Å². The second-order valence-corrected chi connectivity index (χ2v) is 5.88. The molecule has 2 heterocycles. The maximum absolute atomic E-state index is 13.0. The number of rotatable bonds is 7. The van der Waals surface area contributed by atoms with Gasteiger partial charge < -0.3 is 16.0 Å². The molecule has 0 spiro atoms. The number of anilines is 3. The highest BCUT2D eigenvalue weighted by molar-refractivity contribution is 6.33. The Morgan fingerprint density at radius 1 is 1.07 bits per heavy atom. The van der Waals surface area contributed by atoms with Gasteiger partial charge in [-0.2, -0.15) is 0 Å². The largest absolute Gasteiger partial charge is 0.367 e. The zero-order valence-electron chi connectivity index (χ0n) is 14.1. The lowest BCUT2D eigenvalue weighted by atomic mass is 10.2. The molecule has 0 unspecified atom stereocenters. The van der Waals surface area contributed by atoms with Crippen molar-refractivity contribution in [1.82, 2.24) is 20.5 Å². The maximum Gasteiger partial charge on any atom is 0.252 e. The molecule has 7 nitrogen and oxygen atoms in total. The lowest BCUT2D eigenvalue weighted by molar-refractivity contribution is 0.0955. The Labute approximate surface area is 160 Å². The first-order chi connectivity index (χ1) is 13.1. The van der Waals surface area contributed by atoms with Gasteiger partial charge in [0, 0.05) is 19.3 Å². The Kier molecular flexibility index (Phi) is 6.11. The van der Waals surface area contributed by atoms with Gasteiger partial charge in [0.1, 0.15) is 11.6 Å². The summed E-state index contributed by atoms with van der Waals surface area (Å²) >= 11 is 5.86. The lowest BCUT2D eigenvalue weighted by Crippen LogP contribution is -2.29. The number of aromatic nitrogens is 3. The van der Waals surface area contributed by atoms with E-state index >= 15 is 0 Å². The molecule has 0 aliphatic carbocycles. The van der Waals surface area contributed by atoms with Gasteiger partial charge in [0.2, 0.25) is 0 Å². The van der Waals surface area contributed by atoms with Gasteiger partial charge in [-0.25, -0.2) is 4.39 Å². The fourth-order valence-electron chi connectivity index (χ4n) is 2.21. The summed E-state index contributed by atoms with van der Waals surface area (Å²) < 4.78 is 13.0. The second-order valence-electron chi connectivity index (χ2n) is 5.48. The molecule has 0 fully saturated rings. The van der Waals surface area contributed by atoms with Crippen LogP contribution in [0.3, 0.4) is 0 Å². The van der Waals surface area contributed by atoms with Crippen LogP contribution in [0.4, 0.5) is 21.7 Å². The van der Waals surface area contributed by atoms with Crippen LogP contribution in [0.5, 0.6) is 0 Å². The summed E-state index contributed by atoms with van der Waals surface area (Å²) in [5.74, 6) is 0.302. The molecule has 0 atom stereocenters. The SMILES string of the molecule is O=C(NCCNc1ccc(Nc2cccnc2)nn1)c1ccc(F)cc1Cl. The highest BCUT2D eigenvalue weighted by atomic mass is 35.5. The maximum atomic E-state index is 13.0. The van der Waals surface area contributed by atoms with Gasteiger partial charge in [-0.3, -0.25) is 9.78 Å². The standard InChI is InChI=1S/C18H16ClFN6O/c19-15-10-12(20)3-4-14(15)18(27)23-9-8-22-16-5-6-17(26-25-16)24-13-2-1-7-21-11-13/h1-7,10-11H,8-9H2,(H,22,25)(H,23,27)(H,24,26). The number of nitrogens with one attached hydrogen (secondary N) is 3. The summed E-state index contributed by atoms with van der Waals surface area (Å²) in [6.45, 7) is 0.776. The molecule has 27 heavy (non-hydrogen) atoms. The summed E-state index contributed by atoms with van der Waals surface area (Å²) in [6.07, 6.45) is 3.37. The first-order valence-electron chi connectivity index (χ1n) is 8.10. The van der Waals surface area contributed by atoms with E-state index in [1.165, 1.54) is 12.1 Å². The number of hydrogen-bond acceptors (Lipinski definition) is 6. The number of carbonyl (C=O) groups is 1. The Morgan fingerprint density at radius 3 is 2.59 bits per heavy atom. The molecule has 0 saturated carbocycles. The predicted molar refractivity (Wildman–Crippen MR) is 102 cm³/mol. The number of amides is 1. The average molecular weight is 387 g/mol. The number of nitrogens with zero attached hydrogens (tertiary/aromatic N) is 3. The normalized spacial score (nSPS) is 10.3. The molecule has 0 aliphatic heterocycles. The van der Waals surface area contributed by atoms with Gasteiger partial charge in [0.15, 0.2) is 5.82 Å². The van der Waals surface area contributed by atoms with E-state index in [4.69, 9.17) is 11.6 Å². The molecule has 1 amide bonds. The van der Waals surface area contributed by atoms with Crippen LogP contribution < -0.4 is 16.0 Å². The molecular weight excluding hydrogens is 371 g/mol. The van der Waals surface area contributed by atoms with Crippen LogP contribution in [0.25, 0.3) is 0 Å². The van der Waals surface area contributed by atoms with Crippen LogP contribution in [0, 0.1) is 5.82 Å². The van der Waals surface area contributed by atoms with Crippen LogP contribution in [0.2, 0.25) is 5.02 Å². The Morgan fingerprint density at radius 2 is 1.89 bits per heavy atom. The Hall–Kier alpha value is -3.26. The van der Waals surface area contributed by atoms with E-state index in [1.54, 1.807) is 24.5 Å². The van der Waals surface area contributed by atoms with E-state index in [-0.39, 0.29) is 16.5 Å². The van der Waals surface area contributed by atoms with E-state index < -0.39 is 5.82 Å². The van der Waals surface area contributed by atoms with Crippen molar-refractivity contribution in [2.45, 2.75) is 0 Å². The van der Waals surface area contributed by atoms with Gasteiger partial charge in [-0.1, -0.05) is 11.6 Å². The number of halogens is 2. The van der Waals surface area contributed by atoms with Crippen LogP contribution >= 0.6 is 11.6 Å². The predicted octanol–water partition coefficient (Wildman–Crippen LogP) is 3.25. The highest BCUT2D eigenvalue weighted by Gasteiger charge is 2.10. The molecule has 1 aromatic carbocycles. The Bertz CT molecular complexity index is 907. The van der Waals surface area contributed by atoms with E-state index in [9.17, 15) is 9.18 Å². The topological polar surface area (TPSA) is 91.8 Å². The van der Waals surface area contributed by atoms with Crippen molar-refractivity contribution in [3.63, 3.8) is 0 Å². The molecule has 9 heteroatoms. The molecule has 0 bridgehead atoms. The van der Waals surface area contributed by atoms with Crippen LogP contribution in [0.1, 0.15) is 10.4 Å². The number of hydrogen-bond donors (Lipinski definition) is 3. The molecular formula is C18H16ClFN6O. The summed E-state index contributed by atoms with van der Waals surface area (Å²) in [5, 5.41) is 17.0. The first kappa shape index (κ1) is 18.5. The van der Waals surface area contributed by atoms with E-state index in [2.05, 4.69) is 31.1 Å². The quantitative estimate of drug-likeness (QED) is 0.540. The lowest BCUT2D eigenvalue weighted by Gasteiger charge is -2.09. The third-order valence-electron chi connectivity index (χ3n) is 3.49. The minimum Gasteiger partial charge on any atom is -0.367 e. The van der Waals surface area contributed by atoms with Gasteiger partial charge in [0.05, 0.1) is 22.5 Å². The monoisotopic (exact) mass is 386 g/mol. The second kappa shape index (κ2) is 8.91. The fraction of sp³-hybridized carbons (Fsp3) is 0.111. The molecule has 138 valence electrons. The van der Waals surface area contributed by atoms with Crippen molar-refractivity contribution in [2.75, 3.05) is 23.7 Å². The van der Waals surface area contributed by atoms with E-state index in [0.717, 1.165) is 11.8 Å². The highest BCUT2D eigenvalue weighted by Crippen LogP contribution is 2.17. The zero-order valence-corrected chi connectivity index (χ0v) is 14.9. The van der Waals surface area contributed by atoms with Crippen LogP contribution in [-0.4, -0.2) is 34.2 Å². The summed E-state index contributed by atoms with van der Waals surface area (Å²) in [5.41, 5.74) is 1.04. The number of pyridine rings is 1. The molecule has 2 aromatic heterocycles. The van der Waals surface area contributed by atoms with Crippen molar-refractivity contribution in [2.24, 2.45) is 0 Å². The Balaban J connectivity index is 1.44. The van der Waals surface area contributed by atoms with Gasteiger partial charge in [-0.15, -0.1) is 10.2 Å². The molecule has 3 rings (SSSR count). The summed E-state index contributed by atoms with van der Waals surface area (Å²) in [4.78, 5) is 16.0. The third-order valence-corrected chi connectivity index (χ3v) is 3.80. The number of carbonyl (C=O) groups excluding carboxylic acids is 1. The van der Waals surface area contributed by atoms with E-state index in [0.29, 0.717) is 24.7 Å². The van der Waals surface area contributed by atoms with Gasteiger partial charge in [0.25, 0.3) is 5.91 Å². The first-order valence-corrected chi connectivity index (χ1v) is 8.47. The third kappa shape index (κ3) is 5.35. The van der Waals surface area contributed by atoms with Crippen LogP contribution in [0.15, 0.2) is 54.9 Å². The van der Waals surface area contributed by atoms with Gasteiger partial charge >= 0.3 is 0 Å². The number of benzene rings is 1. The minimum atomic E-state index is -0.488.